The van der Waals surface area contributed by atoms with Gasteiger partial charge in [0.25, 0.3) is 11.1 Å². The van der Waals surface area contributed by atoms with Gasteiger partial charge in [-0.15, -0.1) is 11.3 Å². The lowest BCUT2D eigenvalue weighted by atomic mass is 10.0. The van der Waals surface area contributed by atoms with E-state index in [2.05, 4.69) is 15.9 Å². The number of halogens is 1. The molecule has 3 nitrogen and oxygen atoms in total. The van der Waals surface area contributed by atoms with Crippen molar-refractivity contribution in [2.45, 2.75) is 0 Å². The highest BCUT2D eigenvalue weighted by Crippen LogP contribution is 2.34. The Hall–Kier alpha value is -2.24. The predicted molar refractivity (Wildman–Crippen MR) is 99.2 cm³/mol. The van der Waals surface area contributed by atoms with Gasteiger partial charge in [-0.25, -0.2) is 4.40 Å². The minimum absolute atomic E-state index is 0.231. The summed E-state index contributed by atoms with van der Waals surface area (Å²) in [6, 6.07) is 13.3. The van der Waals surface area contributed by atoms with Gasteiger partial charge in [0.05, 0.1) is 5.52 Å². The number of pyridine rings is 2. The van der Waals surface area contributed by atoms with Gasteiger partial charge in [-0.1, -0.05) is 34.1 Å². The second kappa shape index (κ2) is 4.40. The van der Waals surface area contributed by atoms with Gasteiger partial charge in [-0.2, -0.15) is 0 Å². The number of hydrogen-bond donors (Lipinski definition) is 0. The molecule has 5 heteroatoms. The number of thiophene rings is 1. The number of aromatic nitrogens is 1. The fourth-order valence-corrected chi connectivity index (χ4v) is 4.65. The van der Waals surface area contributed by atoms with Crippen LogP contribution in [0.15, 0.2) is 61.9 Å². The fourth-order valence-electron chi connectivity index (χ4n) is 3.36. The van der Waals surface area contributed by atoms with Crippen LogP contribution in [0.25, 0.3) is 37.1 Å². The highest BCUT2D eigenvalue weighted by atomic mass is 79.9. The smallest absolute Gasteiger partial charge is 0.268 e. The lowest BCUT2D eigenvalue weighted by molar-refractivity contribution is 1.09. The molecule has 0 fully saturated rings. The summed E-state index contributed by atoms with van der Waals surface area (Å²) in [5.41, 5.74) is 0.221. The van der Waals surface area contributed by atoms with Crippen LogP contribution in [0.5, 0.6) is 0 Å². The van der Waals surface area contributed by atoms with E-state index in [1.807, 2.05) is 41.8 Å². The van der Waals surface area contributed by atoms with E-state index in [0.29, 0.717) is 15.6 Å². The monoisotopic (exact) mass is 381 g/mol. The first-order chi connectivity index (χ1) is 11.2. The summed E-state index contributed by atoms with van der Waals surface area (Å²) in [5, 5.41) is 6.07. The molecule has 0 aliphatic heterocycles. The van der Waals surface area contributed by atoms with E-state index in [0.717, 1.165) is 26.0 Å². The molecule has 3 heterocycles. The molecule has 0 unspecified atom stereocenters. The first-order valence-electron chi connectivity index (χ1n) is 7.06. The van der Waals surface area contributed by atoms with Crippen LogP contribution < -0.4 is 11.1 Å². The maximum Gasteiger partial charge on any atom is 0.276 e. The van der Waals surface area contributed by atoms with E-state index in [9.17, 15) is 9.59 Å². The van der Waals surface area contributed by atoms with Crippen LogP contribution in [0, 0.1) is 0 Å². The molecule has 0 atom stereocenters. The number of benzene rings is 2. The zero-order valence-corrected chi connectivity index (χ0v) is 14.1. The van der Waals surface area contributed by atoms with Crippen molar-refractivity contribution in [2.75, 3.05) is 0 Å². The predicted octanol–water partition coefficient (Wildman–Crippen LogP) is 4.38. The molecule has 5 rings (SSSR count). The summed E-state index contributed by atoms with van der Waals surface area (Å²) in [6.45, 7) is 0. The highest BCUT2D eigenvalue weighted by Gasteiger charge is 2.17. The Labute approximate surface area is 141 Å². The highest BCUT2D eigenvalue weighted by molar-refractivity contribution is 9.10. The molecule has 0 saturated heterocycles. The second-order valence-electron chi connectivity index (χ2n) is 5.50. The third-order valence-electron chi connectivity index (χ3n) is 4.30. The lowest BCUT2D eigenvalue weighted by Gasteiger charge is -2.11. The minimum atomic E-state index is -0.249. The Bertz CT molecular complexity index is 1370. The zero-order valence-electron chi connectivity index (χ0n) is 11.7. The second-order valence-corrected chi connectivity index (χ2v) is 7.34. The average Bonchev–Trinajstić information content (AvgIpc) is 3.04. The molecular formula is C18H8BrNO2S. The molecule has 0 amide bonds. The number of rotatable bonds is 0. The normalized spacial score (nSPS) is 12.0. The van der Waals surface area contributed by atoms with Crippen molar-refractivity contribution >= 4 is 64.4 Å². The van der Waals surface area contributed by atoms with Gasteiger partial charge in [0, 0.05) is 26.0 Å². The molecule has 0 bridgehead atoms. The molecule has 5 aromatic rings. The molecule has 110 valence electrons. The number of nitrogens with zero attached hydrogens (tertiary/aromatic N) is 1. The van der Waals surface area contributed by atoms with Gasteiger partial charge in [0.2, 0.25) is 0 Å². The Morgan fingerprint density at radius 2 is 1.52 bits per heavy atom. The molecule has 0 radical (unpaired) electrons. The van der Waals surface area contributed by atoms with Crippen molar-refractivity contribution in [1.29, 1.82) is 0 Å². The van der Waals surface area contributed by atoms with Crippen LogP contribution in [-0.4, -0.2) is 4.40 Å². The van der Waals surface area contributed by atoms with Gasteiger partial charge in [0.1, 0.15) is 4.70 Å². The van der Waals surface area contributed by atoms with Gasteiger partial charge < -0.3 is 0 Å². The molecule has 0 saturated carbocycles. The summed E-state index contributed by atoms with van der Waals surface area (Å²) in [4.78, 5) is 25.8. The summed E-state index contributed by atoms with van der Waals surface area (Å²) >= 11 is 4.94. The van der Waals surface area contributed by atoms with Crippen LogP contribution in [0.2, 0.25) is 0 Å². The van der Waals surface area contributed by atoms with Crippen molar-refractivity contribution in [3.05, 3.63) is 73.0 Å². The van der Waals surface area contributed by atoms with Crippen molar-refractivity contribution in [3.8, 4) is 0 Å². The quantitative estimate of drug-likeness (QED) is 0.295. The lowest BCUT2D eigenvalue weighted by Crippen LogP contribution is -2.26. The first kappa shape index (κ1) is 13.2. The summed E-state index contributed by atoms with van der Waals surface area (Å²) in [5.74, 6) is 0. The Morgan fingerprint density at radius 1 is 0.826 bits per heavy atom. The molecule has 0 aliphatic rings. The summed E-state index contributed by atoms with van der Waals surface area (Å²) < 4.78 is 2.88. The maximum atomic E-state index is 12.9. The number of hydrogen-bond acceptors (Lipinski definition) is 3. The molecule has 0 aliphatic carbocycles. The largest absolute Gasteiger partial charge is 0.276 e. The SMILES string of the molecule is O=c1c2ccccc2c2cc(Br)cc3c4ccsc4c(=O)n1c23. The van der Waals surface area contributed by atoms with Gasteiger partial charge in [-0.3, -0.25) is 9.59 Å². The van der Waals surface area contributed by atoms with Crippen molar-refractivity contribution < 1.29 is 0 Å². The molecule has 0 N–H and O–H groups in total. The first-order valence-corrected chi connectivity index (χ1v) is 8.73. The number of fused-ring (bicyclic) bond motifs is 4. The van der Waals surface area contributed by atoms with E-state index in [1.165, 1.54) is 15.7 Å². The topological polar surface area (TPSA) is 38.5 Å². The Morgan fingerprint density at radius 3 is 2.30 bits per heavy atom. The van der Waals surface area contributed by atoms with Crippen LogP contribution in [0.4, 0.5) is 0 Å². The van der Waals surface area contributed by atoms with Crippen molar-refractivity contribution in [3.63, 3.8) is 0 Å². The zero-order chi connectivity index (χ0) is 15.7. The van der Waals surface area contributed by atoms with Gasteiger partial charge in [0.15, 0.2) is 0 Å². The van der Waals surface area contributed by atoms with Gasteiger partial charge in [-0.05, 0) is 35.0 Å². The van der Waals surface area contributed by atoms with Crippen LogP contribution in [-0.2, 0) is 0 Å². The molecule has 0 spiro atoms. The average molecular weight is 382 g/mol. The Balaban J connectivity index is 2.35. The summed E-state index contributed by atoms with van der Waals surface area (Å²) in [7, 11) is 0. The van der Waals surface area contributed by atoms with E-state index < -0.39 is 0 Å². The van der Waals surface area contributed by atoms with E-state index >= 15 is 0 Å². The van der Waals surface area contributed by atoms with Crippen molar-refractivity contribution in [1.82, 2.24) is 4.40 Å². The summed E-state index contributed by atoms with van der Waals surface area (Å²) in [6.07, 6.45) is 0. The van der Waals surface area contributed by atoms with E-state index in [4.69, 9.17) is 0 Å². The Kier molecular flexibility index (Phi) is 2.53. The molecule has 23 heavy (non-hydrogen) atoms. The standard InChI is InChI=1S/C18H8BrNO2S/c19-9-7-13-10-3-1-2-4-12(10)17(21)20-15(13)14(8-9)11-5-6-23-16(11)18(20)22/h1-8H. The van der Waals surface area contributed by atoms with Crippen LogP contribution >= 0.6 is 27.3 Å². The third-order valence-corrected chi connectivity index (χ3v) is 5.66. The molecule has 3 aromatic heterocycles. The van der Waals surface area contributed by atoms with Gasteiger partial charge >= 0.3 is 0 Å². The molecular weight excluding hydrogens is 374 g/mol. The van der Waals surface area contributed by atoms with E-state index in [1.54, 1.807) is 6.07 Å². The van der Waals surface area contributed by atoms with Crippen molar-refractivity contribution in [2.24, 2.45) is 0 Å². The third kappa shape index (κ3) is 1.58. The maximum absolute atomic E-state index is 12.9. The minimum Gasteiger partial charge on any atom is -0.268 e. The molecule has 2 aromatic carbocycles. The van der Waals surface area contributed by atoms with Crippen LogP contribution in [0.1, 0.15) is 0 Å². The van der Waals surface area contributed by atoms with E-state index in [-0.39, 0.29) is 11.1 Å². The van der Waals surface area contributed by atoms with Crippen LogP contribution in [0.3, 0.4) is 0 Å². The fraction of sp³-hybridized carbons (Fsp3) is 0.